The van der Waals surface area contributed by atoms with E-state index in [0.29, 0.717) is 6.54 Å². The maximum Gasteiger partial charge on any atom is 0.234 e. The van der Waals surface area contributed by atoms with E-state index in [9.17, 15) is 9.18 Å². The summed E-state index contributed by atoms with van der Waals surface area (Å²) in [5.41, 5.74) is 4.84. The molecule has 3 aromatic carbocycles. The minimum atomic E-state index is -0.349. The molecule has 0 bridgehead atoms. The molecule has 0 spiro atoms. The highest BCUT2D eigenvalue weighted by Crippen LogP contribution is 2.35. The Hall–Kier alpha value is -3.05. The molecule has 0 heterocycles. The molecule has 1 aliphatic rings. The number of carbonyl (C=O) groups is 1. The van der Waals surface area contributed by atoms with E-state index in [2.05, 4.69) is 12.1 Å². The molecule has 33 heavy (non-hydrogen) atoms. The molecule has 1 atom stereocenters. The second kappa shape index (κ2) is 10.7. The average Bonchev–Trinajstić information content (AvgIpc) is 2.82. The van der Waals surface area contributed by atoms with Crippen LogP contribution in [-0.2, 0) is 17.8 Å². The van der Waals surface area contributed by atoms with Gasteiger partial charge in [-0.2, -0.15) is 0 Å². The Balaban J connectivity index is 0.00000306. The molecule has 3 aromatic rings. The van der Waals surface area contributed by atoms with E-state index >= 15 is 0 Å². The van der Waals surface area contributed by atoms with Crippen molar-refractivity contribution in [2.45, 2.75) is 31.7 Å². The standard InChI is InChI=1S/C27H29FN2O2.ClH/c1-29(2)22-11-7-19(8-12-22)18-30(23-13-15-24(32-3)16-14-23)27(31)25-6-4-5-20-9-10-21(28)17-26(20)25;/h7-17,25H,4-6,18H2,1-3H3;1H. The Morgan fingerprint density at radius 1 is 1.00 bits per heavy atom. The molecular weight excluding hydrogens is 439 g/mol. The topological polar surface area (TPSA) is 32.8 Å². The number of amides is 1. The Labute approximate surface area is 201 Å². The molecule has 0 radical (unpaired) electrons. The van der Waals surface area contributed by atoms with E-state index in [1.807, 2.05) is 66.4 Å². The molecule has 6 heteroatoms. The van der Waals surface area contributed by atoms with Crippen LogP contribution in [0.15, 0.2) is 66.7 Å². The molecule has 0 fully saturated rings. The highest BCUT2D eigenvalue weighted by molar-refractivity contribution is 5.98. The predicted molar refractivity (Wildman–Crippen MR) is 134 cm³/mol. The number of methoxy groups -OCH3 is 1. The minimum absolute atomic E-state index is 0. The van der Waals surface area contributed by atoms with Crippen LogP contribution in [0, 0.1) is 5.82 Å². The summed E-state index contributed by atoms with van der Waals surface area (Å²) in [6, 6.07) is 20.6. The van der Waals surface area contributed by atoms with E-state index in [1.165, 1.54) is 12.1 Å². The summed E-state index contributed by atoms with van der Waals surface area (Å²) in [5.74, 6) is 0.0938. The van der Waals surface area contributed by atoms with Crippen LogP contribution in [-0.4, -0.2) is 27.1 Å². The lowest BCUT2D eigenvalue weighted by Crippen LogP contribution is -2.36. The van der Waals surface area contributed by atoms with Crippen molar-refractivity contribution in [1.29, 1.82) is 0 Å². The number of fused-ring (bicyclic) bond motifs is 1. The number of carbonyl (C=O) groups excluding carboxylic acids is 1. The zero-order chi connectivity index (χ0) is 22.7. The van der Waals surface area contributed by atoms with Gasteiger partial charge in [0.25, 0.3) is 0 Å². The van der Waals surface area contributed by atoms with Gasteiger partial charge in [-0.25, -0.2) is 4.39 Å². The zero-order valence-electron chi connectivity index (χ0n) is 19.3. The quantitative estimate of drug-likeness (QED) is 0.446. The number of halogens is 2. The van der Waals surface area contributed by atoms with Crippen molar-refractivity contribution in [3.63, 3.8) is 0 Å². The number of nitrogens with zero attached hydrogens (tertiary/aromatic N) is 2. The van der Waals surface area contributed by atoms with E-state index < -0.39 is 0 Å². The van der Waals surface area contributed by atoms with E-state index in [1.54, 1.807) is 7.11 Å². The third kappa shape index (κ3) is 5.48. The normalized spacial score (nSPS) is 14.6. The fourth-order valence-electron chi connectivity index (χ4n) is 4.36. The second-order valence-electron chi connectivity index (χ2n) is 8.47. The molecule has 0 N–H and O–H groups in total. The number of hydrogen-bond acceptors (Lipinski definition) is 3. The van der Waals surface area contributed by atoms with Gasteiger partial charge < -0.3 is 14.5 Å². The monoisotopic (exact) mass is 468 g/mol. The molecule has 4 rings (SSSR count). The largest absolute Gasteiger partial charge is 0.497 e. The Kier molecular flexibility index (Phi) is 7.98. The molecular formula is C27H30ClFN2O2. The van der Waals surface area contributed by atoms with Gasteiger partial charge in [-0.3, -0.25) is 4.79 Å². The van der Waals surface area contributed by atoms with E-state index in [-0.39, 0.29) is 30.0 Å². The van der Waals surface area contributed by atoms with Crippen molar-refractivity contribution in [2.24, 2.45) is 0 Å². The van der Waals surface area contributed by atoms with Crippen LogP contribution in [0.1, 0.15) is 35.4 Å². The van der Waals surface area contributed by atoms with Gasteiger partial charge in [0, 0.05) is 25.5 Å². The molecule has 1 amide bonds. The fourth-order valence-corrected chi connectivity index (χ4v) is 4.36. The summed E-state index contributed by atoms with van der Waals surface area (Å²) in [5, 5.41) is 0. The van der Waals surface area contributed by atoms with Crippen molar-refractivity contribution in [1.82, 2.24) is 0 Å². The summed E-state index contributed by atoms with van der Waals surface area (Å²) in [7, 11) is 5.63. The van der Waals surface area contributed by atoms with Gasteiger partial charge in [0.2, 0.25) is 5.91 Å². The lowest BCUT2D eigenvalue weighted by atomic mass is 9.82. The van der Waals surface area contributed by atoms with Gasteiger partial charge in [-0.1, -0.05) is 18.2 Å². The first-order valence-electron chi connectivity index (χ1n) is 11.0. The van der Waals surface area contributed by atoms with Crippen LogP contribution in [0.5, 0.6) is 5.75 Å². The van der Waals surface area contributed by atoms with Crippen LogP contribution in [0.2, 0.25) is 0 Å². The average molecular weight is 469 g/mol. The molecule has 1 unspecified atom stereocenters. The van der Waals surface area contributed by atoms with Crippen LogP contribution in [0.4, 0.5) is 15.8 Å². The van der Waals surface area contributed by atoms with Gasteiger partial charge in [-0.15, -0.1) is 12.4 Å². The zero-order valence-corrected chi connectivity index (χ0v) is 20.1. The van der Waals surface area contributed by atoms with Crippen LogP contribution < -0.4 is 14.5 Å². The molecule has 4 nitrogen and oxygen atoms in total. The third-order valence-corrected chi connectivity index (χ3v) is 6.16. The molecule has 0 aliphatic heterocycles. The Morgan fingerprint density at radius 3 is 2.30 bits per heavy atom. The van der Waals surface area contributed by atoms with Crippen LogP contribution in [0.3, 0.4) is 0 Å². The van der Waals surface area contributed by atoms with Gasteiger partial charge in [0.05, 0.1) is 19.6 Å². The van der Waals surface area contributed by atoms with Crippen LogP contribution in [0.25, 0.3) is 0 Å². The molecule has 0 aromatic heterocycles. The lowest BCUT2D eigenvalue weighted by molar-refractivity contribution is -0.120. The molecule has 1 aliphatic carbocycles. The molecule has 174 valence electrons. The fraction of sp³-hybridized carbons (Fsp3) is 0.296. The number of ether oxygens (including phenoxy) is 1. The first-order chi connectivity index (χ1) is 15.5. The van der Waals surface area contributed by atoms with Gasteiger partial charge in [-0.05, 0) is 84.5 Å². The Morgan fingerprint density at radius 2 is 1.67 bits per heavy atom. The van der Waals surface area contributed by atoms with Gasteiger partial charge >= 0.3 is 0 Å². The Bertz CT molecular complexity index is 1080. The van der Waals surface area contributed by atoms with Crippen LogP contribution >= 0.6 is 12.4 Å². The second-order valence-corrected chi connectivity index (χ2v) is 8.47. The summed E-state index contributed by atoms with van der Waals surface area (Å²) in [6.45, 7) is 0.444. The maximum atomic E-state index is 14.0. The number of benzene rings is 3. The number of rotatable bonds is 6. The van der Waals surface area contributed by atoms with Crippen molar-refractivity contribution in [3.8, 4) is 5.75 Å². The van der Waals surface area contributed by atoms with Gasteiger partial charge in [0.1, 0.15) is 11.6 Å². The summed E-state index contributed by atoms with van der Waals surface area (Å²) in [4.78, 5) is 17.7. The number of hydrogen-bond donors (Lipinski definition) is 0. The molecule has 0 saturated carbocycles. The number of aryl methyl sites for hydroxylation is 1. The minimum Gasteiger partial charge on any atom is -0.497 e. The van der Waals surface area contributed by atoms with Crippen molar-refractivity contribution < 1.29 is 13.9 Å². The smallest absolute Gasteiger partial charge is 0.234 e. The first kappa shape index (κ1) is 24.6. The van der Waals surface area contributed by atoms with Crippen molar-refractivity contribution in [3.05, 3.63) is 89.2 Å². The highest BCUT2D eigenvalue weighted by atomic mass is 35.5. The summed E-state index contributed by atoms with van der Waals surface area (Å²) < 4.78 is 19.3. The number of anilines is 2. The van der Waals surface area contributed by atoms with Crippen molar-refractivity contribution in [2.75, 3.05) is 31.0 Å². The third-order valence-electron chi connectivity index (χ3n) is 6.16. The first-order valence-corrected chi connectivity index (χ1v) is 11.0. The predicted octanol–water partition coefficient (Wildman–Crippen LogP) is 5.98. The maximum absolute atomic E-state index is 14.0. The van der Waals surface area contributed by atoms with E-state index in [0.717, 1.165) is 53.1 Å². The SMILES string of the molecule is COc1ccc(N(Cc2ccc(N(C)C)cc2)C(=O)C2CCCc3ccc(F)cc32)cc1.Cl. The lowest BCUT2D eigenvalue weighted by Gasteiger charge is -2.31. The summed E-state index contributed by atoms with van der Waals surface area (Å²) in [6.07, 6.45) is 2.53. The van der Waals surface area contributed by atoms with Crippen molar-refractivity contribution >= 4 is 29.7 Å². The van der Waals surface area contributed by atoms with E-state index in [4.69, 9.17) is 4.74 Å². The molecule has 0 saturated heterocycles. The van der Waals surface area contributed by atoms with Gasteiger partial charge in [0.15, 0.2) is 0 Å². The highest BCUT2D eigenvalue weighted by Gasteiger charge is 2.31. The summed E-state index contributed by atoms with van der Waals surface area (Å²) >= 11 is 0.